The number of Topliss-reactive ketones (excluding diaryl/α,β-unsaturated/α-hetero) is 1. The van der Waals surface area contributed by atoms with Crippen LogP contribution in [-0.4, -0.2) is 10.4 Å². The zero-order chi connectivity index (χ0) is 15.6. The third-order valence-electron chi connectivity index (χ3n) is 4.80. The van der Waals surface area contributed by atoms with Gasteiger partial charge in [-0.3, -0.25) is 4.79 Å². The molecule has 1 aliphatic carbocycles. The van der Waals surface area contributed by atoms with Gasteiger partial charge in [-0.2, -0.15) is 0 Å². The van der Waals surface area contributed by atoms with E-state index in [0.717, 1.165) is 12.0 Å². The Morgan fingerprint density at radius 2 is 1.90 bits per heavy atom. The van der Waals surface area contributed by atoms with E-state index >= 15 is 0 Å². The first-order valence-corrected chi connectivity index (χ1v) is 8.63. The summed E-state index contributed by atoms with van der Waals surface area (Å²) < 4.78 is 2.51. The lowest BCUT2D eigenvalue weighted by Gasteiger charge is -2.32. The molecule has 0 aromatic carbocycles. The lowest BCUT2D eigenvalue weighted by atomic mass is 9.76. The maximum atomic E-state index is 12.4. The fourth-order valence-electron chi connectivity index (χ4n) is 3.86. The maximum Gasteiger partial charge on any atom is 0.165 e. The Morgan fingerprint density at radius 3 is 2.52 bits per heavy atom. The Hall–Kier alpha value is -1.05. The molecular formula is C19H31NO. The van der Waals surface area contributed by atoms with Crippen molar-refractivity contribution in [2.75, 3.05) is 0 Å². The molecule has 1 unspecified atom stereocenters. The van der Waals surface area contributed by atoms with Crippen LogP contribution in [-0.2, 0) is 6.42 Å². The van der Waals surface area contributed by atoms with Crippen molar-refractivity contribution in [3.8, 4) is 0 Å². The number of rotatable bonds is 6. The number of carbonyl (C=O) groups excluding carboxylic acids is 1. The van der Waals surface area contributed by atoms with Gasteiger partial charge in [-0.1, -0.05) is 47.0 Å². The summed E-state index contributed by atoms with van der Waals surface area (Å²) >= 11 is 0. The SMILES string of the molecule is CCCCC(CCC)n1c(C)cc2c1CC(C)(C)CC2=O. The van der Waals surface area contributed by atoms with Gasteiger partial charge in [-0.25, -0.2) is 0 Å². The third-order valence-corrected chi connectivity index (χ3v) is 4.80. The van der Waals surface area contributed by atoms with Gasteiger partial charge in [-0.15, -0.1) is 0 Å². The molecule has 1 aromatic rings. The van der Waals surface area contributed by atoms with Crippen molar-refractivity contribution >= 4 is 5.78 Å². The normalized spacial score (nSPS) is 18.6. The smallest absolute Gasteiger partial charge is 0.165 e. The van der Waals surface area contributed by atoms with Crippen molar-refractivity contribution in [3.63, 3.8) is 0 Å². The van der Waals surface area contributed by atoms with Gasteiger partial charge < -0.3 is 4.57 Å². The fraction of sp³-hybridized carbons (Fsp3) is 0.737. The van der Waals surface area contributed by atoms with Crippen molar-refractivity contribution in [3.05, 3.63) is 23.0 Å². The molecule has 0 saturated heterocycles. The molecule has 1 heterocycles. The van der Waals surface area contributed by atoms with Gasteiger partial charge in [0.15, 0.2) is 5.78 Å². The van der Waals surface area contributed by atoms with Gasteiger partial charge in [0, 0.05) is 29.4 Å². The molecule has 0 spiro atoms. The lowest BCUT2D eigenvalue weighted by molar-refractivity contribution is 0.0909. The van der Waals surface area contributed by atoms with E-state index in [-0.39, 0.29) is 5.41 Å². The van der Waals surface area contributed by atoms with Crippen LogP contribution in [0.25, 0.3) is 0 Å². The largest absolute Gasteiger partial charge is 0.345 e. The van der Waals surface area contributed by atoms with E-state index in [2.05, 4.69) is 45.3 Å². The second-order valence-electron chi connectivity index (χ2n) is 7.54. The van der Waals surface area contributed by atoms with Crippen LogP contribution in [0.1, 0.15) is 94.0 Å². The van der Waals surface area contributed by atoms with Crippen LogP contribution in [0.5, 0.6) is 0 Å². The highest BCUT2D eigenvalue weighted by atomic mass is 16.1. The number of fused-ring (bicyclic) bond motifs is 1. The Labute approximate surface area is 129 Å². The van der Waals surface area contributed by atoms with Crippen LogP contribution in [0.2, 0.25) is 0 Å². The average Bonchev–Trinajstić information content (AvgIpc) is 2.70. The van der Waals surface area contributed by atoms with E-state index < -0.39 is 0 Å². The van der Waals surface area contributed by atoms with Crippen molar-refractivity contribution in [2.24, 2.45) is 5.41 Å². The Bertz CT molecular complexity index is 510. The molecular weight excluding hydrogens is 258 g/mol. The summed E-state index contributed by atoms with van der Waals surface area (Å²) in [4.78, 5) is 12.4. The topological polar surface area (TPSA) is 22.0 Å². The first-order valence-electron chi connectivity index (χ1n) is 8.63. The van der Waals surface area contributed by atoms with Crippen molar-refractivity contribution in [2.45, 2.75) is 85.6 Å². The molecule has 0 aliphatic heterocycles. The molecule has 0 amide bonds. The van der Waals surface area contributed by atoms with Crippen LogP contribution in [0, 0.1) is 12.3 Å². The molecule has 21 heavy (non-hydrogen) atoms. The Morgan fingerprint density at radius 1 is 1.19 bits per heavy atom. The van der Waals surface area contributed by atoms with Crippen LogP contribution < -0.4 is 0 Å². The molecule has 2 rings (SSSR count). The summed E-state index contributed by atoms with van der Waals surface area (Å²) in [6, 6.07) is 2.71. The number of aromatic nitrogens is 1. The molecule has 1 aliphatic rings. The number of unbranched alkanes of at least 4 members (excludes halogenated alkanes) is 1. The summed E-state index contributed by atoms with van der Waals surface area (Å²) in [5.74, 6) is 0.342. The standard InChI is InChI=1S/C19H31NO/c1-6-8-10-15(9-7-2)20-14(3)11-16-17(20)12-19(4,5)13-18(16)21/h11,15H,6-10,12-13H2,1-5H3. The van der Waals surface area contributed by atoms with Crippen LogP contribution in [0.4, 0.5) is 0 Å². The molecule has 118 valence electrons. The van der Waals surface area contributed by atoms with Crippen LogP contribution >= 0.6 is 0 Å². The number of hydrogen-bond donors (Lipinski definition) is 0. The monoisotopic (exact) mass is 289 g/mol. The van der Waals surface area contributed by atoms with E-state index in [9.17, 15) is 4.79 Å². The lowest BCUT2D eigenvalue weighted by Crippen LogP contribution is -2.29. The van der Waals surface area contributed by atoms with Crippen molar-refractivity contribution < 1.29 is 4.79 Å². The van der Waals surface area contributed by atoms with Crippen LogP contribution in [0.15, 0.2) is 6.07 Å². The predicted octanol–water partition coefficient (Wildman–Crippen LogP) is 5.48. The highest BCUT2D eigenvalue weighted by molar-refractivity contribution is 5.99. The van der Waals surface area contributed by atoms with Gasteiger partial charge in [0.25, 0.3) is 0 Å². The van der Waals surface area contributed by atoms with Gasteiger partial charge >= 0.3 is 0 Å². The Kier molecular flexibility index (Phi) is 4.95. The second kappa shape index (κ2) is 6.37. The van der Waals surface area contributed by atoms with Crippen molar-refractivity contribution in [1.29, 1.82) is 0 Å². The predicted molar refractivity (Wildman–Crippen MR) is 89.1 cm³/mol. The van der Waals surface area contributed by atoms with Gasteiger partial charge in [0.2, 0.25) is 0 Å². The number of nitrogens with zero attached hydrogens (tertiary/aromatic N) is 1. The molecule has 0 N–H and O–H groups in total. The zero-order valence-corrected chi connectivity index (χ0v) is 14.5. The third kappa shape index (κ3) is 3.41. The van der Waals surface area contributed by atoms with Gasteiger partial charge in [0.1, 0.15) is 0 Å². The number of carbonyl (C=O) groups is 1. The zero-order valence-electron chi connectivity index (χ0n) is 14.5. The first-order chi connectivity index (χ1) is 9.89. The average molecular weight is 289 g/mol. The fourth-order valence-corrected chi connectivity index (χ4v) is 3.86. The molecule has 0 saturated carbocycles. The summed E-state index contributed by atoms with van der Waals surface area (Å²) in [5.41, 5.74) is 3.70. The minimum Gasteiger partial charge on any atom is -0.345 e. The summed E-state index contributed by atoms with van der Waals surface area (Å²) in [6.45, 7) is 11.1. The van der Waals surface area contributed by atoms with Crippen molar-refractivity contribution in [1.82, 2.24) is 4.57 Å². The summed E-state index contributed by atoms with van der Waals surface area (Å²) in [5, 5.41) is 0. The minimum absolute atomic E-state index is 0.105. The minimum atomic E-state index is 0.105. The summed E-state index contributed by atoms with van der Waals surface area (Å²) in [6.07, 6.45) is 7.91. The molecule has 0 radical (unpaired) electrons. The number of aryl methyl sites for hydroxylation is 1. The number of hydrogen-bond acceptors (Lipinski definition) is 1. The highest BCUT2D eigenvalue weighted by Gasteiger charge is 2.34. The van der Waals surface area contributed by atoms with E-state index in [1.54, 1.807) is 0 Å². The molecule has 0 bridgehead atoms. The van der Waals surface area contributed by atoms with E-state index in [1.165, 1.54) is 43.5 Å². The van der Waals surface area contributed by atoms with E-state index in [1.807, 2.05) is 0 Å². The van der Waals surface area contributed by atoms with Gasteiger partial charge in [0.05, 0.1) is 0 Å². The quantitative estimate of drug-likeness (QED) is 0.679. The first kappa shape index (κ1) is 16.3. The number of ketones is 1. The second-order valence-corrected chi connectivity index (χ2v) is 7.54. The Balaban J connectivity index is 2.41. The highest BCUT2D eigenvalue weighted by Crippen LogP contribution is 2.38. The van der Waals surface area contributed by atoms with Gasteiger partial charge in [-0.05, 0) is 37.7 Å². The maximum absolute atomic E-state index is 12.4. The molecule has 1 aromatic heterocycles. The summed E-state index contributed by atoms with van der Waals surface area (Å²) in [7, 11) is 0. The van der Waals surface area contributed by atoms with Crippen LogP contribution in [0.3, 0.4) is 0 Å². The molecule has 2 heteroatoms. The molecule has 1 atom stereocenters. The van der Waals surface area contributed by atoms with E-state index in [0.29, 0.717) is 18.2 Å². The molecule has 2 nitrogen and oxygen atoms in total. The van der Waals surface area contributed by atoms with E-state index in [4.69, 9.17) is 0 Å². The molecule has 0 fully saturated rings.